The van der Waals surface area contributed by atoms with Crippen molar-refractivity contribution >= 4 is 29.3 Å². The molecule has 1 fully saturated rings. The van der Waals surface area contributed by atoms with E-state index in [9.17, 15) is 9.59 Å². The normalized spacial score (nSPS) is 14.6. The van der Waals surface area contributed by atoms with Crippen molar-refractivity contribution in [1.82, 2.24) is 5.32 Å². The average molecular weight is 278 g/mol. The second-order valence-corrected chi connectivity index (χ2v) is 5.57. The lowest BCUT2D eigenvalue weighted by Crippen LogP contribution is -2.39. The van der Waals surface area contributed by atoms with E-state index in [1.807, 2.05) is 24.5 Å². The van der Waals surface area contributed by atoms with Crippen LogP contribution in [0.5, 0.6) is 0 Å². The van der Waals surface area contributed by atoms with Crippen LogP contribution in [0.25, 0.3) is 0 Å². The van der Waals surface area contributed by atoms with E-state index < -0.39 is 11.8 Å². The van der Waals surface area contributed by atoms with E-state index in [2.05, 4.69) is 10.6 Å². The number of anilines is 1. The number of nitrogens with one attached hydrogen (secondary N) is 2. The molecule has 0 aliphatic heterocycles. The van der Waals surface area contributed by atoms with E-state index in [0.717, 1.165) is 17.7 Å². The van der Waals surface area contributed by atoms with Crippen molar-refractivity contribution in [2.24, 2.45) is 5.92 Å². The van der Waals surface area contributed by atoms with E-state index in [1.54, 1.807) is 17.8 Å². The highest BCUT2D eigenvalue weighted by Crippen LogP contribution is 2.25. The highest BCUT2D eigenvalue weighted by atomic mass is 32.2. The lowest BCUT2D eigenvalue weighted by Gasteiger charge is -2.25. The highest BCUT2D eigenvalue weighted by Gasteiger charge is 2.20. The monoisotopic (exact) mass is 278 g/mol. The molecular weight excluding hydrogens is 260 g/mol. The summed E-state index contributed by atoms with van der Waals surface area (Å²) in [6, 6.07) is 7.43. The highest BCUT2D eigenvalue weighted by molar-refractivity contribution is 7.98. The molecule has 0 radical (unpaired) electrons. The minimum atomic E-state index is -0.599. The van der Waals surface area contributed by atoms with Crippen molar-refractivity contribution in [1.29, 1.82) is 0 Å². The zero-order chi connectivity index (χ0) is 13.7. The second kappa shape index (κ2) is 6.61. The van der Waals surface area contributed by atoms with Gasteiger partial charge < -0.3 is 10.6 Å². The fraction of sp³-hybridized carbons (Fsp3) is 0.429. The van der Waals surface area contributed by atoms with Crippen LogP contribution in [0.15, 0.2) is 29.2 Å². The van der Waals surface area contributed by atoms with E-state index in [-0.39, 0.29) is 0 Å². The second-order valence-electron chi connectivity index (χ2n) is 4.69. The number of carbonyl (C=O) groups is 2. The Hall–Kier alpha value is -1.49. The molecule has 2 amide bonds. The zero-order valence-electron chi connectivity index (χ0n) is 10.9. The van der Waals surface area contributed by atoms with E-state index in [0.29, 0.717) is 18.2 Å². The largest absolute Gasteiger partial charge is 0.348 e. The lowest BCUT2D eigenvalue weighted by molar-refractivity contribution is -0.136. The van der Waals surface area contributed by atoms with Gasteiger partial charge in [-0.1, -0.05) is 12.5 Å². The van der Waals surface area contributed by atoms with Gasteiger partial charge in [-0.3, -0.25) is 9.59 Å². The fourth-order valence-corrected chi connectivity index (χ4v) is 2.36. The van der Waals surface area contributed by atoms with Gasteiger partial charge >= 0.3 is 11.8 Å². The smallest absolute Gasteiger partial charge is 0.313 e. The summed E-state index contributed by atoms with van der Waals surface area (Å²) in [5.41, 5.74) is 0.649. The SMILES string of the molecule is CSc1cccc(NC(=O)C(=O)NCC2CCC2)c1. The third kappa shape index (κ3) is 3.99. The van der Waals surface area contributed by atoms with Crippen LogP contribution in [0, 0.1) is 5.92 Å². The number of rotatable bonds is 4. The minimum Gasteiger partial charge on any atom is -0.348 e. The predicted octanol–water partition coefficient (Wildman–Crippen LogP) is 2.26. The van der Waals surface area contributed by atoms with Gasteiger partial charge in [-0.15, -0.1) is 11.8 Å². The van der Waals surface area contributed by atoms with E-state index in [4.69, 9.17) is 0 Å². The van der Waals surface area contributed by atoms with Crippen LogP contribution < -0.4 is 10.6 Å². The van der Waals surface area contributed by atoms with Crippen LogP contribution in [0.2, 0.25) is 0 Å². The summed E-state index contributed by atoms with van der Waals surface area (Å²) >= 11 is 1.59. The minimum absolute atomic E-state index is 0.552. The van der Waals surface area contributed by atoms with E-state index in [1.165, 1.54) is 6.42 Å². The summed E-state index contributed by atoms with van der Waals surface area (Å²) in [6.45, 7) is 0.608. The molecule has 0 bridgehead atoms. The molecule has 2 rings (SSSR count). The molecule has 1 saturated carbocycles. The van der Waals surface area contributed by atoms with Gasteiger partial charge in [0.15, 0.2) is 0 Å². The van der Waals surface area contributed by atoms with E-state index >= 15 is 0 Å². The molecule has 1 aromatic rings. The topological polar surface area (TPSA) is 58.2 Å². The number of hydrogen-bond donors (Lipinski definition) is 2. The van der Waals surface area contributed by atoms with Gasteiger partial charge in [0.05, 0.1) is 0 Å². The van der Waals surface area contributed by atoms with Gasteiger partial charge in [-0.2, -0.15) is 0 Å². The molecule has 2 N–H and O–H groups in total. The first-order valence-corrected chi connectivity index (χ1v) is 7.65. The average Bonchev–Trinajstić information content (AvgIpc) is 2.37. The summed E-state index contributed by atoms with van der Waals surface area (Å²) in [7, 11) is 0. The number of amides is 2. The molecule has 0 saturated heterocycles. The summed E-state index contributed by atoms with van der Waals surface area (Å²) in [4.78, 5) is 24.4. The van der Waals surface area contributed by atoms with Gasteiger partial charge in [0.1, 0.15) is 0 Å². The van der Waals surface area contributed by atoms with Crippen molar-refractivity contribution < 1.29 is 9.59 Å². The molecule has 4 nitrogen and oxygen atoms in total. The molecule has 1 aliphatic carbocycles. The number of hydrogen-bond acceptors (Lipinski definition) is 3. The Balaban J connectivity index is 1.83. The summed E-state index contributed by atoms with van der Waals surface area (Å²) in [6.07, 6.45) is 5.50. The van der Waals surface area contributed by atoms with Gasteiger partial charge in [-0.25, -0.2) is 0 Å². The summed E-state index contributed by atoms with van der Waals surface area (Å²) in [5.74, 6) is -0.601. The molecular formula is C14H18N2O2S. The molecule has 0 unspecified atom stereocenters. The molecule has 1 aromatic carbocycles. The molecule has 19 heavy (non-hydrogen) atoms. The molecule has 1 aliphatic rings. The van der Waals surface area contributed by atoms with Crippen molar-refractivity contribution in [3.63, 3.8) is 0 Å². The third-order valence-corrected chi connectivity index (χ3v) is 4.04. The van der Waals surface area contributed by atoms with Gasteiger partial charge in [0, 0.05) is 17.1 Å². The Bertz CT molecular complexity index is 472. The van der Waals surface area contributed by atoms with Crippen molar-refractivity contribution in [3.05, 3.63) is 24.3 Å². The predicted molar refractivity (Wildman–Crippen MR) is 77.2 cm³/mol. The molecule has 0 atom stereocenters. The molecule has 0 aromatic heterocycles. The van der Waals surface area contributed by atoms with Crippen LogP contribution in [-0.4, -0.2) is 24.6 Å². The van der Waals surface area contributed by atoms with Crippen LogP contribution in [0.3, 0.4) is 0 Å². The molecule has 0 spiro atoms. The molecule has 102 valence electrons. The van der Waals surface area contributed by atoms with Crippen LogP contribution in [0.1, 0.15) is 19.3 Å². The van der Waals surface area contributed by atoms with Crippen molar-refractivity contribution in [2.45, 2.75) is 24.2 Å². The first kappa shape index (κ1) is 13.9. The maximum Gasteiger partial charge on any atom is 0.313 e. The number of carbonyl (C=O) groups excluding carboxylic acids is 2. The van der Waals surface area contributed by atoms with Crippen LogP contribution in [-0.2, 0) is 9.59 Å². The Morgan fingerprint density at radius 2 is 2.11 bits per heavy atom. The Kier molecular flexibility index (Phi) is 4.85. The first-order chi connectivity index (χ1) is 9.19. The van der Waals surface area contributed by atoms with Gasteiger partial charge in [-0.05, 0) is 43.2 Å². The molecule has 5 heteroatoms. The van der Waals surface area contributed by atoms with Gasteiger partial charge in [0.2, 0.25) is 0 Å². The number of benzene rings is 1. The van der Waals surface area contributed by atoms with Crippen molar-refractivity contribution in [3.8, 4) is 0 Å². The fourth-order valence-electron chi connectivity index (χ4n) is 1.90. The number of thioether (sulfide) groups is 1. The Morgan fingerprint density at radius 3 is 2.74 bits per heavy atom. The van der Waals surface area contributed by atoms with Crippen LogP contribution in [0.4, 0.5) is 5.69 Å². The Morgan fingerprint density at radius 1 is 1.32 bits per heavy atom. The quantitative estimate of drug-likeness (QED) is 0.656. The maximum absolute atomic E-state index is 11.7. The third-order valence-electron chi connectivity index (χ3n) is 3.31. The summed E-state index contributed by atoms with van der Waals surface area (Å²) in [5, 5.41) is 5.29. The lowest BCUT2D eigenvalue weighted by atomic mass is 9.85. The standard InChI is InChI=1S/C14H18N2O2S/c1-19-12-7-3-6-11(8-12)16-14(18)13(17)15-9-10-4-2-5-10/h3,6-8,10H,2,4-5,9H2,1H3,(H,15,17)(H,16,18). The first-order valence-electron chi connectivity index (χ1n) is 6.42. The van der Waals surface area contributed by atoms with Gasteiger partial charge in [0.25, 0.3) is 0 Å². The Labute approximate surface area is 117 Å². The van der Waals surface area contributed by atoms with Crippen LogP contribution >= 0.6 is 11.8 Å². The maximum atomic E-state index is 11.7. The molecule has 0 heterocycles. The van der Waals surface area contributed by atoms with Crippen molar-refractivity contribution in [2.75, 3.05) is 18.1 Å². The zero-order valence-corrected chi connectivity index (χ0v) is 11.8. The summed E-state index contributed by atoms with van der Waals surface area (Å²) < 4.78 is 0.